The normalized spacial score (nSPS) is 10.9. The molecule has 0 aliphatic rings. The highest BCUT2D eigenvalue weighted by molar-refractivity contribution is 14.1. The van der Waals surface area contributed by atoms with E-state index in [1.165, 1.54) is 19.4 Å². The van der Waals surface area contributed by atoms with E-state index in [-0.39, 0.29) is 0 Å². The van der Waals surface area contributed by atoms with Crippen molar-refractivity contribution >= 4 is 44.1 Å². The zero-order valence-corrected chi connectivity index (χ0v) is 12.2. The average Bonchev–Trinajstić information content (AvgIpc) is 2.76. The summed E-state index contributed by atoms with van der Waals surface area (Å²) in [6.45, 7) is 2.14. The number of thiazole rings is 1. The molecule has 0 N–H and O–H groups in total. The molecule has 1 aromatic heterocycles. The largest absolute Gasteiger partial charge is 0.236 e. The zero-order valence-electron chi connectivity index (χ0n) is 9.27. The van der Waals surface area contributed by atoms with Gasteiger partial charge in [-0.15, -0.1) is 11.3 Å². The average molecular weight is 351 g/mol. The van der Waals surface area contributed by atoms with Crippen molar-refractivity contribution in [3.05, 3.63) is 51.6 Å². The molecule has 0 aliphatic heterocycles. The predicted molar refractivity (Wildman–Crippen MR) is 82.5 cm³/mol. The van der Waals surface area contributed by atoms with Gasteiger partial charge in [0.25, 0.3) is 0 Å². The Morgan fingerprint density at radius 1 is 1.12 bits per heavy atom. The first kappa shape index (κ1) is 11.2. The van der Waals surface area contributed by atoms with Crippen molar-refractivity contribution in [3.63, 3.8) is 0 Å². The summed E-state index contributed by atoms with van der Waals surface area (Å²) < 4.78 is 2.55. The van der Waals surface area contributed by atoms with E-state index in [1.54, 1.807) is 11.3 Å². The third-order valence-corrected chi connectivity index (χ3v) is 4.99. The van der Waals surface area contributed by atoms with Crippen LogP contribution < -0.4 is 0 Å². The van der Waals surface area contributed by atoms with Crippen LogP contribution in [0.1, 0.15) is 5.56 Å². The van der Waals surface area contributed by atoms with Gasteiger partial charge < -0.3 is 0 Å². The van der Waals surface area contributed by atoms with Crippen LogP contribution in [-0.4, -0.2) is 4.98 Å². The lowest BCUT2D eigenvalue weighted by atomic mass is 10.1. The van der Waals surface area contributed by atoms with E-state index >= 15 is 0 Å². The molecule has 0 saturated carbocycles. The molecular weight excluding hydrogens is 341 g/mol. The molecule has 3 rings (SSSR count). The van der Waals surface area contributed by atoms with Gasteiger partial charge in [-0.3, -0.25) is 0 Å². The van der Waals surface area contributed by atoms with Crippen LogP contribution in [0, 0.1) is 10.5 Å². The Morgan fingerprint density at radius 3 is 2.71 bits per heavy atom. The molecule has 84 valence electrons. The van der Waals surface area contributed by atoms with E-state index in [2.05, 4.69) is 70.9 Å². The fourth-order valence-electron chi connectivity index (χ4n) is 1.77. The number of rotatable bonds is 1. The second-order valence-electron chi connectivity index (χ2n) is 3.95. The van der Waals surface area contributed by atoms with E-state index in [1.807, 2.05) is 6.07 Å². The van der Waals surface area contributed by atoms with Gasteiger partial charge in [-0.1, -0.05) is 18.2 Å². The van der Waals surface area contributed by atoms with Crippen molar-refractivity contribution in [3.8, 4) is 10.6 Å². The topological polar surface area (TPSA) is 12.9 Å². The number of halogens is 1. The molecule has 3 heteroatoms. The first-order chi connectivity index (χ1) is 8.24. The van der Waals surface area contributed by atoms with Crippen LogP contribution in [0.2, 0.25) is 0 Å². The van der Waals surface area contributed by atoms with Gasteiger partial charge in [0.15, 0.2) is 0 Å². The maximum atomic E-state index is 4.67. The van der Waals surface area contributed by atoms with E-state index in [0.29, 0.717) is 0 Å². The molecule has 2 aromatic carbocycles. The maximum Gasteiger partial charge on any atom is 0.124 e. The Labute approximate surface area is 118 Å². The molecule has 0 saturated heterocycles. The number of nitrogens with zero attached hydrogens (tertiary/aromatic N) is 1. The number of fused-ring (bicyclic) bond motifs is 1. The van der Waals surface area contributed by atoms with Gasteiger partial charge in [-0.2, -0.15) is 0 Å². The van der Waals surface area contributed by atoms with Crippen molar-refractivity contribution < 1.29 is 0 Å². The van der Waals surface area contributed by atoms with Crippen LogP contribution in [-0.2, 0) is 0 Å². The quantitative estimate of drug-likeness (QED) is 0.570. The Kier molecular flexibility index (Phi) is 2.88. The van der Waals surface area contributed by atoms with E-state index in [9.17, 15) is 0 Å². The molecule has 0 spiro atoms. The molecule has 0 fully saturated rings. The first-order valence-electron chi connectivity index (χ1n) is 5.36. The lowest BCUT2D eigenvalue weighted by Crippen LogP contribution is -1.82. The molecule has 17 heavy (non-hydrogen) atoms. The number of para-hydroxylation sites is 1. The second-order valence-corrected chi connectivity index (χ2v) is 6.14. The van der Waals surface area contributed by atoms with E-state index < -0.39 is 0 Å². The fraction of sp³-hybridized carbons (Fsp3) is 0.0714. The maximum absolute atomic E-state index is 4.67. The van der Waals surface area contributed by atoms with Gasteiger partial charge >= 0.3 is 0 Å². The van der Waals surface area contributed by atoms with Crippen molar-refractivity contribution in [1.82, 2.24) is 4.98 Å². The van der Waals surface area contributed by atoms with Crippen molar-refractivity contribution in [2.45, 2.75) is 6.92 Å². The Bertz CT molecular complexity index is 655. The summed E-state index contributed by atoms with van der Waals surface area (Å²) in [5, 5.41) is 1.10. The zero-order chi connectivity index (χ0) is 11.8. The summed E-state index contributed by atoms with van der Waals surface area (Å²) in [6, 6.07) is 14.8. The Balaban J connectivity index is 2.17. The van der Waals surface area contributed by atoms with E-state index in [0.717, 1.165) is 10.5 Å². The molecule has 1 nitrogen and oxygen atoms in total. The lowest BCUT2D eigenvalue weighted by Gasteiger charge is -2.00. The third-order valence-electron chi connectivity index (χ3n) is 2.70. The van der Waals surface area contributed by atoms with Gasteiger partial charge in [0, 0.05) is 9.13 Å². The monoisotopic (exact) mass is 351 g/mol. The highest BCUT2D eigenvalue weighted by atomic mass is 127. The Morgan fingerprint density at radius 2 is 1.94 bits per heavy atom. The summed E-state index contributed by atoms with van der Waals surface area (Å²) in [5.41, 5.74) is 3.61. The van der Waals surface area contributed by atoms with Crippen LogP contribution in [0.25, 0.3) is 20.8 Å². The standard InChI is InChI=1S/C14H10INS/c1-9-8-10(6-7-11(9)15)14-16-12-4-2-3-5-13(12)17-14/h2-8H,1H3. The number of aromatic nitrogens is 1. The van der Waals surface area contributed by atoms with Crippen molar-refractivity contribution in [1.29, 1.82) is 0 Å². The summed E-state index contributed by atoms with van der Waals surface area (Å²) in [7, 11) is 0. The number of benzene rings is 2. The minimum atomic E-state index is 1.09. The summed E-state index contributed by atoms with van der Waals surface area (Å²) in [6.07, 6.45) is 0. The highest BCUT2D eigenvalue weighted by Gasteiger charge is 2.06. The van der Waals surface area contributed by atoms with Gasteiger partial charge in [0.2, 0.25) is 0 Å². The highest BCUT2D eigenvalue weighted by Crippen LogP contribution is 2.31. The summed E-state index contributed by atoms with van der Waals surface area (Å²) >= 11 is 4.11. The SMILES string of the molecule is Cc1cc(-c2nc3ccccc3s2)ccc1I. The van der Waals surface area contributed by atoms with Crippen molar-refractivity contribution in [2.24, 2.45) is 0 Å². The molecule has 0 unspecified atom stereocenters. The van der Waals surface area contributed by atoms with Crippen LogP contribution in [0.4, 0.5) is 0 Å². The summed E-state index contributed by atoms with van der Waals surface area (Å²) in [5.74, 6) is 0. The second kappa shape index (κ2) is 4.38. The molecule has 0 radical (unpaired) electrons. The smallest absolute Gasteiger partial charge is 0.124 e. The number of aryl methyl sites for hydroxylation is 1. The van der Waals surface area contributed by atoms with E-state index in [4.69, 9.17) is 0 Å². The molecule has 3 aromatic rings. The molecule has 0 amide bonds. The Hall–Kier alpha value is -0.940. The lowest BCUT2D eigenvalue weighted by molar-refractivity contribution is 1.40. The third kappa shape index (κ3) is 2.09. The molecule has 0 bridgehead atoms. The fourth-order valence-corrected chi connectivity index (χ4v) is 3.07. The van der Waals surface area contributed by atoms with Crippen LogP contribution in [0.3, 0.4) is 0 Å². The number of hydrogen-bond donors (Lipinski definition) is 0. The molecule has 0 aliphatic carbocycles. The van der Waals surface area contributed by atoms with Crippen LogP contribution in [0.15, 0.2) is 42.5 Å². The van der Waals surface area contributed by atoms with Crippen LogP contribution >= 0.6 is 33.9 Å². The number of hydrogen-bond acceptors (Lipinski definition) is 2. The summed E-state index contributed by atoms with van der Waals surface area (Å²) in [4.78, 5) is 4.67. The van der Waals surface area contributed by atoms with Gasteiger partial charge in [0.05, 0.1) is 10.2 Å². The van der Waals surface area contributed by atoms with Gasteiger partial charge in [0.1, 0.15) is 5.01 Å². The first-order valence-corrected chi connectivity index (χ1v) is 7.26. The van der Waals surface area contributed by atoms with Crippen molar-refractivity contribution in [2.75, 3.05) is 0 Å². The minimum absolute atomic E-state index is 1.09. The van der Waals surface area contributed by atoms with Gasteiger partial charge in [-0.25, -0.2) is 4.98 Å². The van der Waals surface area contributed by atoms with Gasteiger partial charge in [-0.05, 0) is 59.3 Å². The minimum Gasteiger partial charge on any atom is -0.236 e. The predicted octanol–water partition coefficient (Wildman–Crippen LogP) is 4.88. The molecule has 0 atom stereocenters. The molecular formula is C14H10INS. The van der Waals surface area contributed by atoms with Crippen LogP contribution in [0.5, 0.6) is 0 Å². The molecule has 1 heterocycles.